The lowest BCUT2D eigenvalue weighted by atomic mass is 9.98. The van der Waals surface area contributed by atoms with E-state index in [0.29, 0.717) is 12.2 Å². The molecule has 4 nitrogen and oxygen atoms in total. The number of thiol groups is 1. The van der Waals surface area contributed by atoms with Gasteiger partial charge in [-0.05, 0) is 5.92 Å². The van der Waals surface area contributed by atoms with Gasteiger partial charge in [-0.25, -0.2) is 4.79 Å². The summed E-state index contributed by atoms with van der Waals surface area (Å²) in [6.07, 6.45) is 0.715. The molecule has 0 aromatic heterocycles. The molecule has 88 valence electrons. The zero-order chi connectivity index (χ0) is 12.0. The predicted octanol–water partition coefficient (Wildman–Crippen LogP) is 1.17. The minimum absolute atomic E-state index is 0.0708. The number of rotatable bonds is 6. The Hall–Kier alpha value is -0.710. The van der Waals surface area contributed by atoms with Crippen molar-refractivity contribution in [1.29, 1.82) is 0 Å². The van der Waals surface area contributed by atoms with Gasteiger partial charge in [-0.3, -0.25) is 4.79 Å². The average Bonchev–Trinajstić information content (AvgIpc) is 2.22. The number of carbonyl (C=O) groups is 2. The van der Waals surface area contributed by atoms with Gasteiger partial charge in [0.2, 0.25) is 5.91 Å². The van der Waals surface area contributed by atoms with E-state index in [1.807, 2.05) is 13.8 Å². The van der Waals surface area contributed by atoms with Crippen LogP contribution in [0.4, 0.5) is 0 Å². The Labute approximate surface area is 95.8 Å². The molecule has 0 aliphatic heterocycles. The molecule has 0 aliphatic carbocycles. The number of carboxylic acid groups (broad SMARTS) is 1. The van der Waals surface area contributed by atoms with E-state index in [4.69, 9.17) is 5.11 Å². The third-order valence-corrected chi connectivity index (χ3v) is 3.05. The van der Waals surface area contributed by atoms with Crippen LogP contribution in [0.5, 0.6) is 0 Å². The maximum Gasteiger partial charge on any atom is 0.326 e. The molecular formula is C10H19NO3S. The summed E-state index contributed by atoms with van der Waals surface area (Å²) in [6.45, 7) is 5.43. The fourth-order valence-corrected chi connectivity index (χ4v) is 1.23. The third-order valence-electron chi connectivity index (χ3n) is 2.50. The Bertz CT molecular complexity index is 233. The standard InChI is InChI=1S/C10H19NO3S/c1-4-6(2)8(10(13)14)11-9(12)7(3)5-15/h6-8,15H,4-5H2,1-3H3,(H,11,12)(H,13,14)/t6-,7?,8-/m0/s1. The third kappa shape index (κ3) is 4.55. The van der Waals surface area contributed by atoms with Crippen LogP contribution in [0, 0.1) is 11.8 Å². The molecule has 5 heteroatoms. The van der Waals surface area contributed by atoms with Crippen LogP contribution in [0.1, 0.15) is 27.2 Å². The van der Waals surface area contributed by atoms with E-state index in [9.17, 15) is 9.59 Å². The van der Waals surface area contributed by atoms with Gasteiger partial charge in [0.1, 0.15) is 6.04 Å². The van der Waals surface area contributed by atoms with Gasteiger partial charge in [0.15, 0.2) is 0 Å². The van der Waals surface area contributed by atoms with Crippen LogP contribution in [0.3, 0.4) is 0 Å². The van der Waals surface area contributed by atoms with Gasteiger partial charge in [-0.1, -0.05) is 27.2 Å². The maximum atomic E-state index is 11.5. The second-order valence-electron chi connectivity index (χ2n) is 3.79. The zero-order valence-electron chi connectivity index (χ0n) is 9.36. The molecule has 1 unspecified atom stereocenters. The molecule has 0 heterocycles. The van der Waals surface area contributed by atoms with E-state index >= 15 is 0 Å². The monoisotopic (exact) mass is 233 g/mol. The molecular weight excluding hydrogens is 214 g/mol. The maximum absolute atomic E-state index is 11.5. The summed E-state index contributed by atoms with van der Waals surface area (Å²) in [7, 11) is 0. The number of nitrogens with one attached hydrogen (secondary N) is 1. The molecule has 0 radical (unpaired) electrons. The average molecular weight is 233 g/mol. The van der Waals surface area contributed by atoms with Crippen molar-refractivity contribution in [2.24, 2.45) is 11.8 Å². The number of aliphatic carboxylic acids is 1. The molecule has 0 fully saturated rings. The van der Waals surface area contributed by atoms with Crippen LogP contribution in [0.25, 0.3) is 0 Å². The second-order valence-corrected chi connectivity index (χ2v) is 4.16. The van der Waals surface area contributed by atoms with Crippen LogP contribution < -0.4 is 5.32 Å². The Morgan fingerprint density at radius 3 is 2.27 bits per heavy atom. The van der Waals surface area contributed by atoms with Gasteiger partial charge in [-0.15, -0.1) is 0 Å². The molecule has 3 atom stereocenters. The molecule has 0 saturated carbocycles. The van der Waals surface area contributed by atoms with E-state index in [1.54, 1.807) is 6.92 Å². The number of hydrogen-bond donors (Lipinski definition) is 3. The molecule has 2 N–H and O–H groups in total. The molecule has 0 saturated heterocycles. The van der Waals surface area contributed by atoms with Crippen molar-refractivity contribution in [1.82, 2.24) is 5.32 Å². The molecule has 0 rings (SSSR count). The van der Waals surface area contributed by atoms with Crippen molar-refractivity contribution in [2.75, 3.05) is 5.75 Å². The Balaban J connectivity index is 4.42. The first kappa shape index (κ1) is 14.3. The first-order valence-corrected chi connectivity index (χ1v) is 5.71. The topological polar surface area (TPSA) is 66.4 Å². The highest BCUT2D eigenvalue weighted by atomic mass is 32.1. The van der Waals surface area contributed by atoms with Crippen molar-refractivity contribution in [2.45, 2.75) is 33.2 Å². The minimum atomic E-state index is -0.982. The van der Waals surface area contributed by atoms with Crippen LogP contribution >= 0.6 is 12.6 Å². The summed E-state index contributed by atoms with van der Waals surface area (Å²) >= 11 is 4.00. The van der Waals surface area contributed by atoms with E-state index in [-0.39, 0.29) is 17.7 Å². The highest BCUT2D eigenvalue weighted by molar-refractivity contribution is 7.80. The van der Waals surface area contributed by atoms with Crippen molar-refractivity contribution < 1.29 is 14.7 Å². The van der Waals surface area contributed by atoms with Gasteiger partial charge in [0.25, 0.3) is 0 Å². The zero-order valence-corrected chi connectivity index (χ0v) is 10.3. The summed E-state index contributed by atoms with van der Waals surface area (Å²) in [5, 5.41) is 11.5. The molecule has 0 aliphatic rings. The van der Waals surface area contributed by atoms with Gasteiger partial charge in [-0.2, -0.15) is 12.6 Å². The normalized spacial score (nSPS) is 16.5. The molecule has 0 spiro atoms. The van der Waals surface area contributed by atoms with E-state index in [0.717, 1.165) is 0 Å². The highest BCUT2D eigenvalue weighted by Crippen LogP contribution is 2.09. The number of amides is 1. The lowest BCUT2D eigenvalue weighted by Gasteiger charge is -2.21. The van der Waals surface area contributed by atoms with Crippen molar-refractivity contribution in [3.63, 3.8) is 0 Å². The van der Waals surface area contributed by atoms with Crippen LogP contribution in [-0.2, 0) is 9.59 Å². The van der Waals surface area contributed by atoms with Crippen LogP contribution in [0.2, 0.25) is 0 Å². The molecule has 1 amide bonds. The first-order chi connectivity index (χ1) is 6.93. The van der Waals surface area contributed by atoms with E-state index < -0.39 is 12.0 Å². The number of carbonyl (C=O) groups excluding carboxylic acids is 1. The smallest absolute Gasteiger partial charge is 0.326 e. The second kappa shape index (κ2) is 6.71. The SMILES string of the molecule is CC[C@H](C)[C@H](NC(=O)C(C)CS)C(=O)O. The fraction of sp³-hybridized carbons (Fsp3) is 0.800. The fourth-order valence-electron chi connectivity index (χ4n) is 1.06. The largest absolute Gasteiger partial charge is 0.480 e. The van der Waals surface area contributed by atoms with Crippen LogP contribution in [-0.4, -0.2) is 28.8 Å². The molecule has 0 aromatic rings. The van der Waals surface area contributed by atoms with Crippen LogP contribution in [0.15, 0.2) is 0 Å². The molecule has 0 aromatic carbocycles. The van der Waals surface area contributed by atoms with Crippen molar-refractivity contribution in [3.8, 4) is 0 Å². The summed E-state index contributed by atoms with van der Waals surface area (Å²) < 4.78 is 0. The summed E-state index contributed by atoms with van der Waals surface area (Å²) in [5.74, 6) is -1.15. The summed E-state index contributed by atoms with van der Waals surface area (Å²) in [6, 6.07) is -0.801. The molecule has 0 bridgehead atoms. The van der Waals surface area contributed by atoms with Gasteiger partial charge in [0.05, 0.1) is 0 Å². The first-order valence-electron chi connectivity index (χ1n) is 5.08. The lowest BCUT2D eigenvalue weighted by molar-refractivity contribution is -0.143. The highest BCUT2D eigenvalue weighted by Gasteiger charge is 2.26. The van der Waals surface area contributed by atoms with Crippen molar-refractivity contribution >= 4 is 24.5 Å². The Morgan fingerprint density at radius 2 is 1.93 bits per heavy atom. The quantitative estimate of drug-likeness (QED) is 0.603. The Kier molecular flexibility index (Phi) is 6.40. The molecule has 15 heavy (non-hydrogen) atoms. The Morgan fingerprint density at radius 1 is 1.40 bits per heavy atom. The predicted molar refractivity (Wildman–Crippen MR) is 62.0 cm³/mol. The van der Waals surface area contributed by atoms with E-state index in [1.165, 1.54) is 0 Å². The minimum Gasteiger partial charge on any atom is -0.480 e. The number of hydrogen-bond acceptors (Lipinski definition) is 3. The van der Waals surface area contributed by atoms with Crippen molar-refractivity contribution in [3.05, 3.63) is 0 Å². The van der Waals surface area contributed by atoms with Gasteiger partial charge in [0, 0.05) is 11.7 Å². The summed E-state index contributed by atoms with van der Waals surface area (Å²) in [4.78, 5) is 22.4. The summed E-state index contributed by atoms with van der Waals surface area (Å²) in [5.41, 5.74) is 0. The van der Waals surface area contributed by atoms with Gasteiger partial charge >= 0.3 is 5.97 Å². The number of carboxylic acids is 1. The van der Waals surface area contributed by atoms with E-state index in [2.05, 4.69) is 17.9 Å². The lowest BCUT2D eigenvalue weighted by Crippen LogP contribution is -2.47. The van der Waals surface area contributed by atoms with Gasteiger partial charge < -0.3 is 10.4 Å².